The van der Waals surface area contributed by atoms with Crippen LogP contribution in [0.1, 0.15) is 48.0 Å². The first-order valence-corrected chi connectivity index (χ1v) is 10.7. The van der Waals surface area contributed by atoms with E-state index in [4.69, 9.17) is 4.74 Å². The average molecular weight is 408 g/mol. The van der Waals surface area contributed by atoms with E-state index in [0.29, 0.717) is 11.6 Å². The second-order valence-corrected chi connectivity index (χ2v) is 9.24. The van der Waals surface area contributed by atoms with E-state index in [1.54, 1.807) is 23.3 Å². The minimum Gasteiger partial charge on any atom is -0.376 e. The summed E-state index contributed by atoms with van der Waals surface area (Å²) in [5, 5.41) is 10.4. The predicted octanol–water partition coefficient (Wildman–Crippen LogP) is 5.18. The molecule has 1 amide bonds. The van der Waals surface area contributed by atoms with Gasteiger partial charge in [0.15, 0.2) is 0 Å². The number of hydrogen-bond donors (Lipinski definition) is 0. The van der Waals surface area contributed by atoms with Crippen LogP contribution in [-0.4, -0.2) is 29.7 Å². The molecule has 3 heterocycles. The highest BCUT2D eigenvalue weighted by atomic mass is 32.1. The molecule has 1 fully saturated rings. The molecule has 0 N–H and O–H groups in total. The third-order valence-corrected chi connectivity index (χ3v) is 6.92. The van der Waals surface area contributed by atoms with E-state index in [1.807, 2.05) is 41.0 Å². The van der Waals surface area contributed by atoms with Gasteiger partial charge in [-0.05, 0) is 56.9 Å². The highest BCUT2D eigenvalue weighted by Gasteiger charge is 2.31. The molecule has 6 heteroatoms. The molecule has 5 nitrogen and oxygen atoms in total. The fourth-order valence-corrected chi connectivity index (χ4v) is 5.37. The summed E-state index contributed by atoms with van der Waals surface area (Å²) in [6.07, 6.45) is 1.99. The molecule has 0 radical (unpaired) electrons. The minimum absolute atomic E-state index is 0.108. The van der Waals surface area contributed by atoms with Gasteiger partial charge < -0.3 is 14.2 Å². The lowest BCUT2D eigenvalue weighted by molar-refractivity contribution is -0.0588. The fourth-order valence-electron chi connectivity index (χ4n) is 4.09. The Balaban J connectivity index is 1.69. The number of para-hydroxylation sites is 1. The Labute approximate surface area is 175 Å². The van der Waals surface area contributed by atoms with E-state index in [9.17, 15) is 10.1 Å². The molecule has 0 bridgehead atoms. The summed E-state index contributed by atoms with van der Waals surface area (Å²) in [6, 6.07) is 15.9. The van der Waals surface area contributed by atoms with Gasteiger partial charge in [-0.3, -0.25) is 4.79 Å². The molecule has 0 aliphatic carbocycles. The highest BCUT2D eigenvalue weighted by Crippen LogP contribution is 2.41. The first-order valence-electron chi connectivity index (χ1n) is 9.86. The van der Waals surface area contributed by atoms with Crippen LogP contribution >= 0.6 is 11.3 Å². The zero-order chi connectivity index (χ0) is 20.6. The van der Waals surface area contributed by atoms with Gasteiger partial charge in [-0.1, -0.05) is 18.2 Å². The van der Waals surface area contributed by atoms with Crippen molar-refractivity contribution in [3.63, 3.8) is 0 Å². The number of nitrogens with zero attached hydrogens (tertiary/aromatic N) is 3. The van der Waals surface area contributed by atoms with Crippen molar-refractivity contribution in [3.05, 3.63) is 53.0 Å². The Kier molecular flexibility index (Phi) is 5.20. The molecule has 1 unspecified atom stereocenters. The van der Waals surface area contributed by atoms with Crippen LogP contribution in [0.3, 0.4) is 0 Å². The molecule has 1 atom stereocenters. The number of hydrogen-bond acceptors (Lipinski definition) is 4. The number of carbonyl (C=O) groups is 1. The Morgan fingerprint density at radius 2 is 2.10 bits per heavy atom. The van der Waals surface area contributed by atoms with Crippen molar-refractivity contribution >= 4 is 33.1 Å². The largest absolute Gasteiger partial charge is 0.376 e. The van der Waals surface area contributed by atoms with Crippen molar-refractivity contribution < 1.29 is 9.53 Å². The van der Waals surface area contributed by atoms with Crippen LogP contribution in [0.15, 0.2) is 42.5 Å². The van der Waals surface area contributed by atoms with Crippen molar-refractivity contribution in [3.8, 4) is 6.07 Å². The van der Waals surface area contributed by atoms with Gasteiger partial charge in [-0.2, -0.15) is 5.26 Å². The number of ether oxygens (including phenoxy) is 1. The summed E-state index contributed by atoms with van der Waals surface area (Å²) in [6.45, 7) is 5.20. The van der Waals surface area contributed by atoms with E-state index in [2.05, 4.69) is 26.0 Å². The second-order valence-electron chi connectivity index (χ2n) is 8.18. The maximum absolute atomic E-state index is 13.2. The molecule has 1 aliphatic rings. The lowest BCUT2D eigenvalue weighted by atomic mass is 9.87. The summed E-state index contributed by atoms with van der Waals surface area (Å²) < 4.78 is 7.72. The monoisotopic (exact) mass is 407 g/mol. The molecule has 1 aromatic carbocycles. The van der Waals surface area contributed by atoms with Gasteiger partial charge in [0.05, 0.1) is 11.7 Å². The molecule has 4 rings (SSSR count). The predicted molar refractivity (Wildman–Crippen MR) is 117 cm³/mol. The number of thiophene rings is 1. The maximum Gasteiger partial charge on any atom is 0.274 e. The van der Waals surface area contributed by atoms with Crippen molar-refractivity contribution in [2.75, 3.05) is 18.6 Å². The van der Waals surface area contributed by atoms with Gasteiger partial charge in [-0.15, -0.1) is 11.3 Å². The third kappa shape index (κ3) is 3.81. The van der Waals surface area contributed by atoms with E-state index in [1.165, 1.54) is 4.88 Å². The van der Waals surface area contributed by atoms with Gasteiger partial charge in [0.25, 0.3) is 5.91 Å². The van der Waals surface area contributed by atoms with Gasteiger partial charge in [0, 0.05) is 29.6 Å². The van der Waals surface area contributed by atoms with E-state index in [-0.39, 0.29) is 18.1 Å². The normalized spacial score (nSPS) is 18.5. The molecule has 0 spiro atoms. The van der Waals surface area contributed by atoms with Gasteiger partial charge >= 0.3 is 0 Å². The standard InChI is InChI=1S/C23H25N3O2S/c1-23(2)15-16(9-12-28-23)20-14-17-13-19(26(11-10-24)22(17)29-20)21(27)25(3)18-7-5-4-6-8-18/h4-8,13-14,16H,9,11-12,15H2,1-3H3. The van der Waals surface area contributed by atoms with Crippen molar-refractivity contribution in [2.45, 2.75) is 44.8 Å². The second kappa shape index (κ2) is 7.66. The van der Waals surface area contributed by atoms with E-state index in [0.717, 1.165) is 35.4 Å². The SMILES string of the molecule is CN(C(=O)c1cc2cc(C3CCOC(C)(C)C3)sc2n1CC#N)c1ccccc1. The Morgan fingerprint density at radius 3 is 2.79 bits per heavy atom. The van der Waals surface area contributed by atoms with Crippen LogP contribution < -0.4 is 4.90 Å². The van der Waals surface area contributed by atoms with Crippen LogP contribution in [0.4, 0.5) is 5.69 Å². The van der Waals surface area contributed by atoms with Gasteiger partial charge in [0.2, 0.25) is 0 Å². The zero-order valence-electron chi connectivity index (χ0n) is 17.0. The van der Waals surface area contributed by atoms with E-state index >= 15 is 0 Å². The van der Waals surface area contributed by atoms with Crippen LogP contribution in [0.25, 0.3) is 10.2 Å². The lowest BCUT2D eigenvalue weighted by Gasteiger charge is -2.35. The highest BCUT2D eigenvalue weighted by molar-refractivity contribution is 7.18. The number of carbonyl (C=O) groups excluding carboxylic acids is 1. The molecule has 29 heavy (non-hydrogen) atoms. The Hall–Kier alpha value is -2.62. The number of fused-ring (bicyclic) bond motifs is 1. The van der Waals surface area contributed by atoms with Crippen molar-refractivity contribution in [1.82, 2.24) is 4.57 Å². The topological polar surface area (TPSA) is 58.3 Å². The molecule has 2 aromatic heterocycles. The fraction of sp³-hybridized carbons (Fsp3) is 0.391. The van der Waals surface area contributed by atoms with Crippen LogP contribution in [0, 0.1) is 11.3 Å². The Bertz CT molecular complexity index is 1070. The quantitative estimate of drug-likeness (QED) is 0.599. The van der Waals surface area contributed by atoms with Gasteiger partial charge in [0.1, 0.15) is 17.1 Å². The maximum atomic E-state index is 13.2. The average Bonchev–Trinajstić information content (AvgIpc) is 3.26. The number of nitriles is 1. The first kappa shape index (κ1) is 19.7. The molecule has 1 saturated heterocycles. The molecule has 150 valence electrons. The first-order chi connectivity index (χ1) is 13.9. The molecule has 0 saturated carbocycles. The summed E-state index contributed by atoms with van der Waals surface area (Å²) in [7, 11) is 1.77. The van der Waals surface area contributed by atoms with Crippen molar-refractivity contribution in [2.24, 2.45) is 0 Å². The third-order valence-electron chi connectivity index (χ3n) is 5.58. The molecular weight excluding hydrogens is 382 g/mol. The Morgan fingerprint density at radius 1 is 1.34 bits per heavy atom. The molecular formula is C23H25N3O2S. The summed E-state index contributed by atoms with van der Waals surface area (Å²) >= 11 is 1.70. The minimum atomic E-state index is -0.112. The van der Waals surface area contributed by atoms with Gasteiger partial charge in [-0.25, -0.2) is 0 Å². The number of aromatic nitrogens is 1. The summed E-state index contributed by atoms with van der Waals surface area (Å²) in [4.78, 5) is 17.1. The van der Waals surface area contributed by atoms with Crippen LogP contribution in [0.2, 0.25) is 0 Å². The van der Waals surface area contributed by atoms with Crippen molar-refractivity contribution in [1.29, 1.82) is 5.26 Å². The summed E-state index contributed by atoms with van der Waals surface area (Å²) in [5.41, 5.74) is 1.27. The number of amides is 1. The molecule has 1 aliphatic heterocycles. The smallest absolute Gasteiger partial charge is 0.274 e. The summed E-state index contributed by atoms with van der Waals surface area (Å²) in [5.74, 6) is 0.349. The number of benzene rings is 1. The van der Waals surface area contributed by atoms with Crippen LogP contribution in [-0.2, 0) is 11.3 Å². The molecule has 3 aromatic rings. The van der Waals surface area contributed by atoms with Crippen LogP contribution in [0.5, 0.6) is 0 Å². The zero-order valence-corrected chi connectivity index (χ0v) is 17.8. The number of anilines is 1. The lowest BCUT2D eigenvalue weighted by Crippen LogP contribution is -2.32. The van der Waals surface area contributed by atoms with E-state index < -0.39 is 0 Å². The number of rotatable bonds is 4.